The minimum absolute atomic E-state index is 0.246. The molecule has 0 amide bonds. The molecule has 3 N–H and O–H groups in total. The molecule has 0 aromatic rings. The van der Waals surface area contributed by atoms with E-state index in [0.717, 1.165) is 19.5 Å². The van der Waals surface area contributed by atoms with Gasteiger partial charge in [0.2, 0.25) is 0 Å². The first-order valence-corrected chi connectivity index (χ1v) is 6.54. The van der Waals surface area contributed by atoms with Crippen molar-refractivity contribution in [2.75, 3.05) is 26.2 Å². The van der Waals surface area contributed by atoms with E-state index >= 15 is 0 Å². The van der Waals surface area contributed by atoms with Crippen LogP contribution in [0, 0.1) is 11.3 Å². The van der Waals surface area contributed by atoms with Crippen LogP contribution in [0.15, 0.2) is 0 Å². The van der Waals surface area contributed by atoms with Gasteiger partial charge in [0.05, 0.1) is 0 Å². The highest BCUT2D eigenvalue weighted by Gasteiger charge is 2.32. The van der Waals surface area contributed by atoms with Crippen LogP contribution in [0.1, 0.15) is 40.0 Å². The van der Waals surface area contributed by atoms with Crippen molar-refractivity contribution in [2.45, 2.75) is 46.1 Å². The fourth-order valence-corrected chi connectivity index (χ4v) is 2.85. The van der Waals surface area contributed by atoms with Crippen LogP contribution in [0.3, 0.4) is 0 Å². The fraction of sp³-hybridized carbons (Fsp3) is 1.00. The maximum atomic E-state index is 9.02. The Bertz CT molecular complexity index is 199. The molecule has 1 fully saturated rings. The lowest BCUT2D eigenvalue weighted by Crippen LogP contribution is -2.52. The largest absolute Gasteiger partial charge is 0.396 e. The van der Waals surface area contributed by atoms with Gasteiger partial charge in [-0.15, -0.1) is 0 Å². The molecule has 1 aliphatic heterocycles. The van der Waals surface area contributed by atoms with Crippen molar-refractivity contribution in [3.8, 4) is 0 Å². The molecule has 0 bridgehead atoms. The van der Waals surface area contributed by atoms with Gasteiger partial charge in [0.25, 0.3) is 0 Å². The number of rotatable bonds is 4. The standard InChI is InChI=1S/C13H28N2O/c1-13(2,3)12(9-14)15-7-4-5-11(10-15)6-8-16/h11-12,16H,4-10,14H2,1-3H3. The van der Waals surface area contributed by atoms with Gasteiger partial charge in [-0.1, -0.05) is 20.8 Å². The number of aliphatic hydroxyl groups is 1. The van der Waals surface area contributed by atoms with E-state index in [9.17, 15) is 0 Å². The van der Waals surface area contributed by atoms with E-state index in [1.54, 1.807) is 0 Å². The smallest absolute Gasteiger partial charge is 0.0434 e. The number of hydrogen-bond acceptors (Lipinski definition) is 3. The van der Waals surface area contributed by atoms with Crippen LogP contribution >= 0.6 is 0 Å². The molecule has 2 unspecified atom stereocenters. The van der Waals surface area contributed by atoms with Gasteiger partial charge < -0.3 is 10.8 Å². The quantitative estimate of drug-likeness (QED) is 0.766. The van der Waals surface area contributed by atoms with E-state index < -0.39 is 0 Å². The number of nitrogens with zero attached hydrogens (tertiary/aromatic N) is 1. The second kappa shape index (κ2) is 5.99. The van der Waals surface area contributed by atoms with Gasteiger partial charge in [0.1, 0.15) is 0 Å². The number of piperidine rings is 1. The van der Waals surface area contributed by atoms with Crippen molar-refractivity contribution in [3.05, 3.63) is 0 Å². The van der Waals surface area contributed by atoms with Gasteiger partial charge >= 0.3 is 0 Å². The lowest BCUT2D eigenvalue weighted by Gasteiger charge is -2.43. The summed E-state index contributed by atoms with van der Waals surface area (Å²) in [5, 5.41) is 9.02. The molecule has 3 heteroatoms. The first kappa shape index (κ1) is 13.9. The summed E-state index contributed by atoms with van der Waals surface area (Å²) in [5.41, 5.74) is 6.16. The maximum Gasteiger partial charge on any atom is 0.0434 e. The second-order valence-corrected chi connectivity index (χ2v) is 6.13. The molecule has 16 heavy (non-hydrogen) atoms. The summed E-state index contributed by atoms with van der Waals surface area (Å²) in [5.74, 6) is 0.662. The van der Waals surface area contributed by atoms with Crippen molar-refractivity contribution in [3.63, 3.8) is 0 Å². The Morgan fingerprint density at radius 2 is 2.12 bits per heavy atom. The summed E-state index contributed by atoms with van der Waals surface area (Å²) in [7, 11) is 0. The highest BCUT2D eigenvalue weighted by molar-refractivity contribution is 4.87. The highest BCUT2D eigenvalue weighted by atomic mass is 16.3. The highest BCUT2D eigenvalue weighted by Crippen LogP contribution is 2.28. The zero-order chi connectivity index (χ0) is 12.2. The molecular formula is C13H28N2O. The Kier molecular flexibility index (Phi) is 5.22. The average molecular weight is 228 g/mol. The van der Waals surface area contributed by atoms with Crippen LogP contribution in [-0.4, -0.2) is 42.3 Å². The number of hydrogen-bond donors (Lipinski definition) is 2. The molecule has 1 saturated heterocycles. The second-order valence-electron chi connectivity index (χ2n) is 6.13. The van der Waals surface area contributed by atoms with Crippen molar-refractivity contribution in [1.82, 2.24) is 4.90 Å². The Morgan fingerprint density at radius 3 is 2.62 bits per heavy atom. The van der Waals surface area contributed by atoms with E-state index in [0.29, 0.717) is 18.6 Å². The molecular weight excluding hydrogens is 200 g/mol. The maximum absolute atomic E-state index is 9.02. The minimum atomic E-state index is 0.246. The van der Waals surface area contributed by atoms with Gasteiger partial charge in [-0.25, -0.2) is 0 Å². The molecule has 1 rings (SSSR count). The molecule has 1 aliphatic rings. The van der Waals surface area contributed by atoms with Gasteiger partial charge in [-0.2, -0.15) is 0 Å². The van der Waals surface area contributed by atoms with Crippen molar-refractivity contribution < 1.29 is 5.11 Å². The van der Waals surface area contributed by atoms with E-state index in [1.165, 1.54) is 19.4 Å². The minimum Gasteiger partial charge on any atom is -0.396 e. The van der Waals surface area contributed by atoms with Crippen LogP contribution in [0.2, 0.25) is 0 Å². The Balaban J connectivity index is 2.57. The van der Waals surface area contributed by atoms with E-state index in [-0.39, 0.29) is 5.41 Å². The predicted molar refractivity (Wildman–Crippen MR) is 68.3 cm³/mol. The summed E-state index contributed by atoms with van der Waals surface area (Å²) in [6.07, 6.45) is 3.45. The zero-order valence-corrected chi connectivity index (χ0v) is 11.1. The van der Waals surface area contributed by atoms with Crippen LogP contribution in [-0.2, 0) is 0 Å². The molecule has 3 nitrogen and oxygen atoms in total. The van der Waals surface area contributed by atoms with Crippen LogP contribution in [0.25, 0.3) is 0 Å². The summed E-state index contributed by atoms with van der Waals surface area (Å²) in [4.78, 5) is 2.53. The first-order chi connectivity index (χ1) is 7.49. The molecule has 0 saturated carbocycles. The zero-order valence-electron chi connectivity index (χ0n) is 11.1. The lowest BCUT2D eigenvalue weighted by molar-refractivity contribution is 0.0552. The van der Waals surface area contributed by atoms with Crippen molar-refractivity contribution in [1.29, 1.82) is 0 Å². The summed E-state index contributed by atoms with van der Waals surface area (Å²) < 4.78 is 0. The normalized spacial score (nSPS) is 25.7. The Hall–Kier alpha value is -0.120. The fourth-order valence-electron chi connectivity index (χ4n) is 2.85. The summed E-state index contributed by atoms with van der Waals surface area (Å²) >= 11 is 0. The van der Waals surface area contributed by atoms with Crippen LogP contribution < -0.4 is 5.73 Å². The van der Waals surface area contributed by atoms with Crippen LogP contribution in [0.5, 0.6) is 0 Å². The van der Waals surface area contributed by atoms with Gasteiger partial charge in [0, 0.05) is 25.7 Å². The summed E-state index contributed by atoms with van der Waals surface area (Å²) in [6.45, 7) is 10.1. The first-order valence-electron chi connectivity index (χ1n) is 6.54. The molecule has 0 spiro atoms. The lowest BCUT2D eigenvalue weighted by atomic mass is 9.83. The predicted octanol–water partition coefficient (Wildman–Crippen LogP) is 1.45. The van der Waals surface area contributed by atoms with E-state index in [2.05, 4.69) is 25.7 Å². The molecule has 96 valence electrons. The van der Waals surface area contributed by atoms with Crippen LogP contribution in [0.4, 0.5) is 0 Å². The summed E-state index contributed by atoms with van der Waals surface area (Å²) in [6, 6.07) is 0.467. The molecule has 0 aromatic heterocycles. The Labute approximate surface area is 100 Å². The third-order valence-electron chi connectivity index (χ3n) is 3.75. The molecule has 0 aliphatic carbocycles. The van der Waals surface area contributed by atoms with E-state index in [4.69, 9.17) is 10.8 Å². The van der Waals surface area contributed by atoms with E-state index in [1.807, 2.05) is 0 Å². The number of likely N-dealkylation sites (tertiary alicyclic amines) is 1. The molecule has 2 atom stereocenters. The number of aliphatic hydroxyl groups excluding tert-OH is 1. The third kappa shape index (κ3) is 3.72. The van der Waals surface area contributed by atoms with Gasteiger partial charge in [-0.05, 0) is 37.1 Å². The monoisotopic (exact) mass is 228 g/mol. The average Bonchev–Trinajstić information content (AvgIpc) is 2.17. The molecule has 0 radical (unpaired) electrons. The third-order valence-corrected chi connectivity index (χ3v) is 3.75. The SMILES string of the molecule is CC(C)(C)C(CN)N1CCCC(CCO)C1. The topological polar surface area (TPSA) is 49.5 Å². The van der Waals surface area contributed by atoms with Crippen molar-refractivity contribution >= 4 is 0 Å². The van der Waals surface area contributed by atoms with Gasteiger partial charge in [0.15, 0.2) is 0 Å². The van der Waals surface area contributed by atoms with Gasteiger partial charge in [-0.3, -0.25) is 4.90 Å². The number of nitrogens with two attached hydrogens (primary N) is 1. The molecule has 1 heterocycles. The Morgan fingerprint density at radius 1 is 1.44 bits per heavy atom. The van der Waals surface area contributed by atoms with Crippen molar-refractivity contribution in [2.24, 2.45) is 17.1 Å². The molecule has 0 aromatic carbocycles.